The highest BCUT2D eigenvalue weighted by Crippen LogP contribution is 2.37. The Morgan fingerprint density at radius 2 is 2.14 bits per heavy atom. The summed E-state index contributed by atoms with van der Waals surface area (Å²) in [6.07, 6.45) is 1.76. The van der Waals surface area contributed by atoms with E-state index >= 15 is 0 Å². The highest BCUT2D eigenvalue weighted by atomic mass is 16.3. The molecule has 82 valence electrons. The molecule has 14 heavy (non-hydrogen) atoms. The van der Waals surface area contributed by atoms with Crippen LogP contribution in [0, 0.1) is 17.3 Å². The van der Waals surface area contributed by atoms with Gasteiger partial charge in [0.25, 0.3) is 0 Å². The lowest BCUT2D eigenvalue weighted by atomic mass is 9.90. The molecule has 0 aliphatic heterocycles. The highest BCUT2D eigenvalue weighted by Gasteiger charge is 2.39. The average molecular weight is 199 g/mol. The summed E-state index contributed by atoms with van der Waals surface area (Å²) in [6.45, 7) is 7.06. The number of hydrogen-bond acceptors (Lipinski definition) is 2. The van der Waals surface area contributed by atoms with Crippen molar-refractivity contribution in [1.82, 2.24) is 5.32 Å². The van der Waals surface area contributed by atoms with Gasteiger partial charge in [0.05, 0.1) is 0 Å². The van der Waals surface area contributed by atoms with Gasteiger partial charge in [-0.1, -0.05) is 20.8 Å². The number of carbonyl (C=O) groups is 1. The van der Waals surface area contributed by atoms with Crippen LogP contribution in [0.25, 0.3) is 0 Å². The molecule has 2 N–H and O–H groups in total. The Hall–Kier alpha value is -0.570. The molecule has 3 nitrogen and oxygen atoms in total. The van der Waals surface area contributed by atoms with E-state index in [0.717, 1.165) is 12.8 Å². The lowest BCUT2D eigenvalue weighted by Gasteiger charge is -2.23. The molecule has 1 aliphatic rings. The van der Waals surface area contributed by atoms with Gasteiger partial charge in [-0.15, -0.1) is 0 Å². The maximum atomic E-state index is 11.5. The van der Waals surface area contributed by atoms with Gasteiger partial charge in [-0.2, -0.15) is 0 Å². The summed E-state index contributed by atoms with van der Waals surface area (Å²) >= 11 is 0. The zero-order valence-electron chi connectivity index (χ0n) is 9.34. The largest absolute Gasteiger partial charge is 0.396 e. The molecule has 3 heteroatoms. The number of aliphatic hydroxyl groups excluding tert-OH is 1. The van der Waals surface area contributed by atoms with Gasteiger partial charge in [0.2, 0.25) is 5.91 Å². The van der Waals surface area contributed by atoms with Crippen molar-refractivity contribution in [1.29, 1.82) is 0 Å². The molecule has 1 aliphatic carbocycles. The first-order valence-corrected chi connectivity index (χ1v) is 5.35. The van der Waals surface area contributed by atoms with E-state index in [1.54, 1.807) is 0 Å². The van der Waals surface area contributed by atoms with Gasteiger partial charge in [0, 0.05) is 19.1 Å². The Labute approximate surface area is 85.9 Å². The van der Waals surface area contributed by atoms with E-state index in [4.69, 9.17) is 5.11 Å². The van der Waals surface area contributed by atoms with E-state index in [1.807, 2.05) is 0 Å². The van der Waals surface area contributed by atoms with Crippen molar-refractivity contribution in [3.63, 3.8) is 0 Å². The van der Waals surface area contributed by atoms with Gasteiger partial charge >= 0.3 is 0 Å². The van der Waals surface area contributed by atoms with Gasteiger partial charge in [-0.05, 0) is 24.2 Å². The maximum absolute atomic E-state index is 11.5. The molecule has 0 bridgehead atoms. The summed E-state index contributed by atoms with van der Waals surface area (Å²) in [5.74, 6) is 0.999. The SMILES string of the molecule is CC1CC1C(=O)NCC(C)(C)CCO. The van der Waals surface area contributed by atoms with Gasteiger partial charge in [0.1, 0.15) is 0 Å². The average Bonchev–Trinajstić information content (AvgIpc) is 2.79. The number of amides is 1. The molecule has 2 atom stereocenters. The van der Waals surface area contributed by atoms with Crippen LogP contribution in [0.3, 0.4) is 0 Å². The Morgan fingerprint density at radius 1 is 1.57 bits per heavy atom. The number of hydrogen-bond donors (Lipinski definition) is 2. The minimum absolute atomic E-state index is 0.00252. The molecular weight excluding hydrogens is 178 g/mol. The standard InChI is InChI=1S/C11H21NO2/c1-8-6-9(8)10(14)12-7-11(2,3)4-5-13/h8-9,13H,4-7H2,1-3H3,(H,12,14). The van der Waals surface area contributed by atoms with E-state index in [-0.39, 0.29) is 23.8 Å². The minimum atomic E-state index is 0.00252. The molecule has 0 aromatic heterocycles. The number of nitrogens with one attached hydrogen (secondary N) is 1. The molecule has 1 saturated carbocycles. The zero-order chi connectivity index (χ0) is 10.8. The summed E-state index contributed by atoms with van der Waals surface area (Å²) in [4.78, 5) is 11.5. The first kappa shape index (κ1) is 11.5. The third kappa shape index (κ3) is 3.29. The van der Waals surface area contributed by atoms with Crippen molar-refractivity contribution in [3.05, 3.63) is 0 Å². The predicted octanol–water partition coefficient (Wildman–Crippen LogP) is 1.17. The van der Waals surface area contributed by atoms with Crippen molar-refractivity contribution in [2.75, 3.05) is 13.2 Å². The van der Waals surface area contributed by atoms with Crippen molar-refractivity contribution < 1.29 is 9.90 Å². The molecule has 1 amide bonds. The van der Waals surface area contributed by atoms with Crippen LogP contribution in [-0.4, -0.2) is 24.2 Å². The minimum Gasteiger partial charge on any atom is -0.396 e. The lowest BCUT2D eigenvalue weighted by molar-refractivity contribution is -0.123. The van der Waals surface area contributed by atoms with Crippen LogP contribution in [0.2, 0.25) is 0 Å². The molecule has 0 radical (unpaired) electrons. The van der Waals surface area contributed by atoms with Crippen LogP contribution < -0.4 is 5.32 Å². The molecule has 1 fully saturated rings. The van der Waals surface area contributed by atoms with Crippen molar-refractivity contribution in [2.45, 2.75) is 33.6 Å². The zero-order valence-corrected chi connectivity index (χ0v) is 9.34. The molecule has 0 aromatic rings. The van der Waals surface area contributed by atoms with E-state index in [9.17, 15) is 4.79 Å². The van der Waals surface area contributed by atoms with E-state index in [0.29, 0.717) is 12.5 Å². The normalized spacial score (nSPS) is 26.0. The fourth-order valence-electron chi connectivity index (χ4n) is 1.54. The number of carbonyl (C=O) groups excluding carboxylic acids is 1. The molecule has 0 heterocycles. The topological polar surface area (TPSA) is 49.3 Å². The fraction of sp³-hybridized carbons (Fsp3) is 0.909. The Balaban J connectivity index is 2.22. The Bertz CT molecular complexity index is 213. The fourth-order valence-corrected chi connectivity index (χ4v) is 1.54. The third-order valence-electron chi connectivity index (χ3n) is 2.98. The van der Waals surface area contributed by atoms with Gasteiger partial charge in [-0.3, -0.25) is 4.79 Å². The van der Waals surface area contributed by atoms with Crippen LogP contribution in [-0.2, 0) is 4.79 Å². The first-order chi connectivity index (χ1) is 6.46. The van der Waals surface area contributed by atoms with Crippen molar-refractivity contribution in [2.24, 2.45) is 17.3 Å². The summed E-state index contributed by atoms with van der Waals surface area (Å²) in [7, 11) is 0. The molecule has 0 spiro atoms. The monoisotopic (exact) mass is 199 g/mol. The second-order valence-corrected chi connectivity index (χ2v) is 5.18. The van der Waals surface area contributed by atoms with E-state index in [1.165, 1.54) is 0 Å². The second-order valence-electron chi connectivity index (χ2n) is 5.18. The Morgan fingerprint density at radius 3 is 2.57 bits per heavy atom. The maximum Gasteiger partial charge on any atom is 0.223 e. The van der Waals surface area contributed by atoms with Gasteiger partial charge in [0.15, 0.2) is 0 Å². The van der Waals surface area contributed by atoms with Crippen LogP contribution in [0.5, 0.6) is 0 Å². The van der Waals surface area contributed by atoms with Crippen LogP contribution in [0.4, 0.5) is 0 Å². The van der Waals surface area contributed by atoms with Crippen LogP contribution in [0.15, 0.2) is 0 Å². The lowest BCUT2D eigenvalue weighted by Crippen LogP contribution is -2.35. The molecule has 0 aromatic carbocycles. The van der Waals surface area contributed by atoms with Gasteiger partial charge in [-0.25, -0.2) is 0 Å². The first-order valence-electron chi connectivity index (χ1n) is 5.35. The van der Waals surface area contributed by atoms with Gasteiger partial charge < -0.3 is 10.4 Å². The number of rotatable bonds is 5. The Kier molecular flexibility index (Phi) is 3.53. The molecule has 0 saturated heterocycles. The van der Waals surface area contributed by atoms with Crippen LogP contribution >= 0.6 is 0 Å². The summed E-state index contributed by atoms with van der Waals surface area (Å²) in [5, 5.41) is 11.8. The summed E-state index contributed by atoms with van der Waals surface area (Å²) in [6, 6.07) is 0. The van der Waals surface area contributed by atoms with Crippen molar-refractivity contribution in [3.8, 4) is 0 Å². The quantitative estimate of drug-likeness (QED) is 0.698. The molecule has 2 unspecified atom stereocenters. The summed E-state index contributed by atoms with van der Waals surface area (Å²) in [5.41, 5.74) is 0.00252. The predicted molar refractivity (Wildman–Crippen MR) is 55.8 cm³/mol. The van der Waals surface area contributed by atoms with Crippen LogP contribution in [0.1, 0.15) is 33.6 Å². The van der Waals surface area contributed by atoms with Crippen molar-refractivity contribution >= 4 is 5.91 Å². The van der Waals surface area contributed by atoms with E-state index < -0.39 is 0 Å². The molecule has 1 rings (SSSR count). The summed E-state index contributed by atoms with van der Waals surface area (Å²) < 4.78 is 0. The highest BCUT2D eigenvalue weighted by molar-refractivity contribution is 5.81. The third-order valence-corrected chi connectivity index (χ3v) is 2.98. The second kappa shape index (κ2) is 4.30. The molecular formula is C11H21NO2. The number of aliphatic hydroxyl groups is 1. The smallest absolute Gasteiger partial charge is 0.223 e. The van der Waals surface area contributed by atoms with E-state index in [2.05, 4.69) is 26.1 Å².